The van der Waals surface area contributed by atoms with Crippen molar-refractivity contribution in [2.24, 2.45) is 17.6 Å². The van der Waals surface area contributed by atoms with E-state index in [2.05, 4.69) is 16.0 Å². The highest BCUT2D eigenvalue weighted by Gasteiger charge is 2.49. The normalized spacial score (nSPS) is 25.9. The molecule has 13 nitrogen and oxygen atoms in total. The Morgan fingerprint density at radius 1 is 0.889 bits per heavy atom. The smallest absolute Gasteiger partial charge is 0.329 e. The maximum atomic E-state index is 14.6. The molecule has 3 unspecified atom stereocenters. The Balaban J connectivity index is 1.72. The number of hydrogen-bond donors (Lipinski definition) is 7. The SMILES string of the molecule is CC1CCCCC12NC(=O)C(CC(=O)O)[C@@H](c1ccc(CP(=O)(O)O)cc1)/C=C/CC(c1ccccc1)(c1ccccc1)CNC(=O)[C@H](C(N)=O)NC2=O. The summed E-state index contributed by atoms with van der Waals surface area (Å²) in [5.41, 5.74) is 5.63. The Kier molecular flexibility index (Phi) is 12.6. The second-order valence-corrected chi connectivity index (χ2v) is 16.0. The van der Waals surface area contributed by atoms with Crippen molar-refractivity contribution in [3.63, 3.8) is 0 Å². The predicted octanol–water partition coefficient (Wildman–Crippen LogP) is 3.64. The van der Waals surface area contributed by atoms with Crippen LogP contribution in [0, 0.1) is 11.8 Å². The van der Waals surface area contributed by atoms with Gasteiger partial charge in [-0.25, -0.2) is 0 Å². The number of benzene rings is 3. The summed E-state index contributed by atoms with van der Waals surface area (Å²) in [5, 5.41) is 18.5. The minimum atomic E-state index is -4.39. The lowest BCUT2D eigenvalue weighted by Crippen LogP contribution is -2.68. The third-order valence-electron chi connectivity index (χ3n) is 10.8. The molecule has 1 heterocycles. The molecule has 0 saturated heterocycles. The van der Waals surface area contributed by atoms with Gasteiger partial charge in [0.05, 0.1) is 18.5 Å². The number of carbonyl (C=O) groups is 5. The van der Waals surface area contributed by atoms with E-state index >= 15 is 0 Å². The van der Waals surface area contributed by atoms with Crippen LogP contribution in [0.4, 0.5) is 0 Å². The number of aliphatic carboxylic acids is 1. The Bertz CT molecular complexity index is 1880. The molecular weight excluding hydrogens is 711 g/mol. The Hall–Kier alpha value is -5.10. The van der Waals surface area contributed by atoms with Crippen molar-refractivity contribution in [2.45, 2.75) is 74.5 Å². The second kappa shape index (κ2) is 16.9. The van der Waals surface area contributed by atoms with Crippen LogP contribution >= 0.6 is 7.60 Å². The first kappa shape index (κ1) is 40.1. The molecule has 0 aromatic heterocycles. The molecule has 1 fully saturated rings. The highest BCUT2D eigenvalue weighted by atomic mass is 31.2. The number of allylic oxidation sites excluding steroid dienone is 2. The average Bonchev–Trinajstić information content (AvgIpc) is 3.13. The zero-order chi connectivity index (χ0) is 39.1. The van der Waals surface area contributed by atoms with Crippen LogP contribution in [0.15, 0.2) is 97.1 Å². The van der Waals surface area contributed by atoms with Crippen LogP contribution in [0.1, 0.15) is 73.6 Å². The van der Waals surface area contributed by atoms with Gasteiger partial charge in [-0.2, -0.15) is 0 Å². The number of rotatable bonds is 8. The third-order valence-corrected chi connectivity index (χ3v) is 11.6. The van der Waals surface area contributed by atoms with E-state index in [0.717, 1.165) is 17.5 Å². The largest absolute Gasteiger partial charge is 0.481 e. The molecular formula is C40H47N4O9P. The van der Waals surface area contributed by atoms with Crippen molar-refractivity contribution in [3.8, 4) is 0 Å². The molecule has 3 aromatic carbocycles. The number of nitrogens with one attached hydrogen (secondary N) is 3. The van der Waals surface area contributed by atoms with Crippen LogP contribution < -0.4 is 21.7 Å². The highest BCUT2D eigenvalue weighted by Crippen LogP contribution is 2.41. The molecule has 4 amide bonds. The van der Waals surface area contributed by atoms with Gasteiger partial charge >= 0.3 is 13.6 Å². The summed E-state index contributed by atoms with van der Waals surface area (Å²) in [7, 11) is -4.39. The fourth-order valence-corrected chi connectivity index (χ4v) is 8.53. The monoisotopic (exact) mass is 758 g/mol. The summed E-state index contributed by atoms with van der Waals surface area (Å²) in [4.78, 5) is 87.2. The average molecular weight is 759 g/mol. The van der Waals surface area contributed by atoms with Gasteiger partial charge in [0.15, 0.2) is 6.04 Å². The van der Waals surface area contributed by atoms with E-state index < -0.39 is 84.5 Å². The molecule has 1 aliphatic carbocycles. The number of carbonyl (C=O) groups excluding carboxylic acids is 4. The Morgan fingerprint density at radius 3 is 2.04 bits per heavy atom. The van der Waals surface area contributed by atoms with Gasteiger partial charge in [0.25, 0.3) is 5.91 Å². The van der Waals surface area contributed by atoms with Gasteiger partial charge in [0, 0.05) is 17.9 Å². The first-order valence-corrected chi connectivity index (χ1v) is 19.8. The molecule has 0 radical (unpaired) electrons. The van der Waals surface area contributed by atoms with E-state index in [1.165, 1.54) is 12.1 Å². The fourth-order valence-electron chi connectivity index (χ4n) is 7.85. The molecule has 8 N–H and O–H groups in total. The number of primary amides is 1. The maximum absolute atomic E-state index is 14.6. The van der Waals surface area contributed by atoms with E-state index in [0.29, 0.717) is 24.0 Å². The molecule has 5 atom stereocenters. The van der Waals surface area contributed by atoms with E-state index in [1.54, 1.807) is 25.1 Å². The van der Waals surface area contributed by atoms with Crippen molar-refractivity contribution < 1.29 is 43.4 Å². The van der Waals surface area contributed by atoms with E-state index in [-0.39, 0.29) is 19.4 Å². The van der Waals surface area contributed by atoms with Crippen molar-refractivity contribution in [1.82, 2.24) is 16.0 Å². The number of nitrogens with two attached hydrogens (primary N) is 1. The summed E-state index contributed by atoms with van der Waals surface area (Å²) in [6.45, 7) is 1.74. The summed E-state index contributed by atoms with van der Waals surface area (Å²) in [5.74, 6) is -7.28. The second-order valence-electron chi connectivity index (χ2n) is 14.4. The molecule has 2 aliphatic rings. The lowest BCUT2D eigenvalue weighted by atomic mass is 9.71. The van der Waals surface area contributed by atoms with Gasteiger partial charge in [-0.05, 0) is 47.4 Å². The first-order valence-electron chi connectivity index (χ1n) is 18.0. The minimum Gasteiger partial charge on any atom is -0.481 e. The van der Waals surface area contributed by atoms with Crippen LogP contribution in [0.3, 0.4) is 0 Å². The maximum Gasteiger partial charge on any atom is 0.329 e. The van der Waals surface area contributed by atoms with Crippen LogP contribution in [0.2, 0.25) is 0 Å². The molecule has 14 heteroatoms. The van der Waals surface area contributed by atoms with Crippen molar-refractivity contribution >= 4 is 37.2 Å². The molecule has 1 spiro atoms. The van der Waals surface area contributed by atoms with Gasteiger partial charge in [-0.1, -0.05) is 117 Å². The van der Waals surface area contributed by atoms with E-state index in [9.17, 15) is 43.4 Å². The molecule has 286 valence electrons. The van der Waals surface area contributed by atoms with E-state index in [4.69, 9.17) is 5.73 Å². The Labute approximate surface area is 314 Å². The summed E-state index contributed by atoms with van der Waals surface area (Å²) >= 11 is 0. The lowest BCUT2D eigenvalue weighted by molar-refractivity contribution is -0.145. The molecule has 5 rings (SSSR count). The third kappa shape index (κ3) is 9.15. The quantitative estimate of drug-likeness (QED) is 0.101. The number of carboxylic acid groups (broad SMARTS) is 1. The summed E-state index contributed by atoms with van der Waals surface area (Å²) < 4.78 is 11.7. The van der Waals surface area contributed by atoms with Crippen molar-refractivity contribution in [1.29, 1.82) is 0 Å². The van der Waals surface area contributed by atoms with Crippen molar-refractivity contribution in [3.05, 3.63) is 119 Å². The van der Waals surface area contributed by atoms with E-state index in [1.807, 2.05) is 66.7 Å². The van der Waals surface area contributed by atoms with Crippen LogP contribution in [-0.4, -0.2) is 62.6 Å². The first-order chi connectivity index (χ1) is 25.6. The summed E-state index contributed by atoms with van der Waals surface area (Å²) in [6, 6.07) is 23.2. The topological polar surface area (TPSA) is 225 Å². The zero-order valence-corrected chi connectivity index (χ0v) is 30.9. The zero-order valence-electron chi connectivity index (χ0n) is 30.0. The molecule has 0 bridgehead atoms. The summed E-state index contributed by atoms with van der Waals surface area (Å²) in [6.07, 6.45) is 4.68. The Morgan fingerprint density at radius 2 is 1.50 bits per heavy atom. The van der Waals surface area contributed by atoms with Gasteiger partial charge in [0.2, 0.25) is 17.7 Å². The fraction of sp³-hybridized carbons (Fsp3) is 0.375. The number of carboxylic acids is 1. The minimum absolute atomic E-state index is 0.0388. The molecule has 3 aromatic rings. The predicted molar refractivity (Wildman–Crippen MR) is 201 cm³/mol. The molecule has 1 aliphatic heterocycles. The van der Waals surface area contributed by atoms with Crippen molar-refractivity contribution in [2.75, 3.05) is 6.54 Å². The molecule has 1 saturated carbocycles. The lowest BCUT2D eigenvalue weighted by Gasteiger charge is -2.43. The van der Waals surface area contributed by atoms with Crippen LogP contribution in [0.25, 0.3) is 0 Å². The highest BCUT2D eigenvalue weighted by molar-refractivity contribution is 7.50. The van der Waals surface area contributed by atoms with Crippen LogP contribution in [0.5, 0.6) is 0 Å². The van der Waals surface area contributed by atoms with Gasteiger partial charge in [-0.3, -0.25) is 28.5 Å². The number of amides is 4. The molecule has 54 heavy (non-hydrogen) atoms. The van der Waals surface area contributed by atoms with Gasteiger partial charge in [0.1, 0.15) is 5.54 Å². The van der Waals surface area contributed by atoms with Gasteiger partial charge in [-0.15, -0.1) is 0 Å². The van der Waals surface area contributed by atoms with Crippen LogP contribution in [-0.2, 0) is 40.1 Å². The standard InChI is InChI=1S/C40H47N4O9P/c1-26-11-8-9-22-40(26)38(50)43-34(35(41)47)37(49)42-25-39(29-12-4-2-5-13-29,30-14-6-3-7-15-30)21-10-16-31(32(23-33(45)46)36(48)44-40)28-19-17-27(18-20-28)24-54(51,52)53/h2-7,10,12-20,26,31-32,34H,8-9,11,21-25H2,1H3,(H2,41,47)(H,42,49)(H,43,50)(H,44,48)(H,45,46)(H2,51,52,53)/b16-10+/t26?,31-,32?,34+,40?/m1/s1. The van der Waals surface area contributed by atoms with Gasteiger partial charge < -0.3 is 36.6 Å². The number of hydrogen-bond acceptors (Lipinski definition) is 6.